The molecule has 0 fully saturated rings. The molecule has 0 amide bonds. The number of hydrogen-bond donors (Lipinski definition) is 3. The van der Waals surface area contributed by atoms with Crippen LogP contribution in [0.15, 0.2) is 0 Å². The van der Waals surface area contributed by atoms with Gasteiger partial charge < -0.3 is 5.11 Å². The second kappa shape index (κ2) is 6.17. The van der Waals surface area contributed by atoms with Crippen molar-refractivity contribution in [1.82, 2.24) is 9.44 Å². The Labute approximate surface area is 96.4 Å². The normalized spacial score (nSPS) is 14.6. The summed E-state index contributed by atoms with van der Waals surface area (Å²) in [6.45, 7) is -0.131. The zero-order valence-corrected chi connectivity index (χ0v) is 9.73. The van der Waals surface area contributed by atoms with Crippen LogP contribution in [0.25, 0.3) is 0 Å². The van der Waals surface area contributed by atoms with Gasteiger partial charge in [0.25, 0.3) is 10.2 Å². The maximum atomic E-state index is 11.8. The number of nitrogens with one attached hydrogen (secondary N) is 2. The molecule has 6 nitrogen and oxygen atoms in total. The molecule has 1 atom stereocenters. The Morgan fingerprint density at radius 1 is 1.41 bits per heavy atom. The third-order valence-corrected chi connectivity index (χ3v) is 2.75. The summed E-state index contributed by atoms with van der Waals surface area (Å²) in [7, 11) is -4.48. The number of carbonyl (C=O) groups is 1. The second-order valence-corrected chi connectivity index (χ2v) is 4.77. The molecule has 0 saturated carbocycles. The van der Waals surface area contributed by atoms with Gasteiger partial charge in [-0.05, 0) is 6.42 Å². The lowest BCUT2D eigenvalue weighted by molar-refractivity contribution is -0.139. The largest absolute Gasteiger partial charge is 0.480 e. The summed E-state index contributed by atoms with van der Waals surface area (Å²) in [5, 5.41) is 8.62. The highest BCUT2D eigenvalue weighted by molar-refractivity contribution is 7.87. The monoisotopic (exact) mass is 278 g/mol. The molecule has 0 aromatic heterocycles. The van der Waals surface area contributed by atoms with E-state index in [1.165, 1.54) is 4.72 Å². The number of alkyl halides is 3. The fraction of sp³-hybridized carbons (Fsp3) is 0.857. The first-order chi connectivity index (χ1) is 7.57. The number of aliphatic carboxylic acids is 1. The van der Waals surface area contributed by atoms with Crippen LogP contribution in [-0.2, 0) is 15.0 Å². The van der Waals surface area contributed by atoms with Gasteiger partial charge in [-0.3, -0.25) is 4.79 Å². The third kappa shape index (κ3) is 7.94. The van der Waals surface area contributed by atoms with Crippen LogP contribution in [-0.4, -0.2) is 38.3 Å². The van der Waals surface area contributed by atoms with E-state index in [-0.39, 0.29) is 6.42 Å². The molecule has 0 rings (SSSR count). The minimum atomic E-state index is -4.70. The summed E-state index contributed by atoms with van der Waals surface area (Å²) < 4.78 is 60.3. The Hall–Kier alpha value is -0.870. The molecule has 0 aromatic rings. The van der Waals surface area contributed by atoms with Gasteiger partial charge in [-0.15, -0.1) is 0 Å². The van der Waals surface area contributed by atoms with E-state index >= 15 is 0 Å². The summed E-state index contributed by atoms with van der Waals surface area (Å²) in [6, 6.07) is -1.44. The molecule has 0 aromatic carbocycles. The van der Waals surface area contributed by atoms with Gasteiger partial charge in [0.1, 0.15) is 12.6 Å². The molecule has 0 aliphatic rings. The molecular weight excluding hydrogens is 265 g/mol. The fourth-order valence-electron chi connectivity index (χ4n) is 0.927. The number of carboxylic acids is 1. The summed E-state index contributed by atoms with van der Waals surface area (Å²) in [5.74, 6) is -1.44. The average molecular weight is 278 g/mol. The van der Waals surface area contributed by atoms with Crippen LogP contribution in [0.3, 0.4) is 0 Å². The van der Waals surface area contributed by atoms with Crippen LogP contribution < -0.4 is 9.44 Å². The highest BCUT2D eigenvalue weighted by Crippen LogP contribution is 2.12. The minimum Gasteiger partial charge on any atom is -0.480 e. The van der Waals surface area contributed by atoms with Crippen molar-refractivity contribution in [1.29, 1.82) is 0 Å². The van der Waals surface area contributed by atoms with E-state index in [2.05, 4.69) is 0 Å². The van der Waals surface area contributed by atoms with E-state index < -0.39 is 34.9 Å². The summed E-state index contributed by atoms with van der Waals surface area (Å²) in [5.41, 5.74) is 0. The van der Waals surface area contributed by atoms with Gasteiger partial charge >= 0.3 is 12.1 Å². The van der Waals surface area contributed by atoms with Crippen LogP contribution in [0.2, 0.25) is 0 Å². The quantitative estimate of drug-likeness (QED) is 0.621. The Morgan fingerprint density at radius 3 is 2.29 bits per heavy atom. The smallest absolute Gasteiger partial charge is 0.402 e. The van der Waals surface area contributed by atoms with E-state index in [1.807, 2.05) is 0 Å². The SMILES string of the molecule is CCCC(NS(=O)(=O)NCC(F)(F)F)C(=O)O. The Morgan fingerprint density at radius 2 is 1.94 bits per heavy atom. The number of rotatable bonds is 7. The lowest BCUT2D eigenvalue weighted by atomic mass is 10.2. The lowest BCUT2D eigenvalue weighted by Gasteiger charge is -2.15. The van der Waals surface area contributed by atoms with Crippen molar-refractivity contribution in [2.75, 3.05) is 6.54 Å². The van der Waals surface area contributed by atoms with Crippen LogP contribution >= 0.6 is 0 Å². The zero-order chi connectivity index (χ0) is 13.7. The van der Waals surface area contributed by atoms with E-state index in [0.717, 1.165) is 0 Å². The van der Waals surface area contributed by atoms with Gasteiger partial charge in [-0.25, -0.2) is 0 Å². The Balaban J connectivity index is 4.46. The molecule has 10 heteroatoms. The lowest BCUT2D eigenvalue weighted by Crippen LogP contribution is -2.48. The van der Waals surface area contributed by atoms with Crippen molar-refractivity contribution in [2.45, 2.75) is 32.0 Å². The van der Waals surface area contributed by atoms with Crippen LogP contribution in [0, 0.1) is 0 Å². The first-order valence-electron chi connectivity index (χ1n) is 4.64. The fourth-order valence-corrected chi connectivity index (χ4v) is 1.96. The average Bonchev–Trinajstić information content (AvgIpc) is 2.13. The zero-order valence-electron chi connectivity index (χ0n) is 8.91. The summed E-state index contributed by atoms with van der Waals surface area (Å²) in [4.78, 5) is 10.6. The predicted molar refractivity (Wildman–Crippen MR) is 52.4 cm³/mol. The molecule has 0 heterocycles. The molecule has 102 valence electrons. The van der Waals surface area contributed by atoms with Crippen LogP contribution in [0.4, 0.5) is 13.2 Å². The van der Waals surface area contributed by atoms with Crippen molar-refractivity contribution < 1.29 is 31.5 Å². The topological polar surface area (TPSA) is 95.5 Å². The predicted octanol–water partition coefficient (Wildman–Crippen LogP) is 0.226. The van der Waals surface area contributed by atoms with Gasteiger partial charge in [0.05, 0.1) is 0 Å². The van der Waals surface area contributed by atoms with E-state index in [1.54, 1.807) is 11.6 Å². The van der Waals surface area contributed by atoms with E-state index in [4.69, 9.17) is 5.11 Å². The van der Waals surface area contributed by atoms with Crippen molar-refractivity contribution >= 4 is 16.2 Å². The van der Waals surface area contributed by atoms with Crippen molar-refractivity contribution in [2.24, 2.45) is 0 Å². The maximum Gasteiger partial charge on any atom is 0.402 e. The maximum absolute atomic E-state index is 11.8. The molecule has 0 bridgehead atoms. The molecule has 0 saturated heterocycles. The molecule has 0 radical (unpaired) electrons. The van der Waals surface area contributed by atoms with Crippen molar-refractivity contribution in [3.63, 3.8) is 0 Å². The summed E-state index contributed by atoms with van der Waals surface area (Å²) in [6.07, 6.45) is -4.33. The first kappa shape index (κ1) is 16.1. The van der Waals surface area contributed by atoms with Crippen LogP contribution in [0.1, 0.15) is 19.8 Å². The minimum absolute atomic E-state index is 0.0116. The van der Waals surface area contributed by atoms with E-state index in [9.17, 15) is 26.4 Å². The molecule has 0 aliphatic carbocycles. The highest BCUT2D eigenvalue weighted by Gasteiger charge is 2.31. The highest BCUT2D eigenvalue weighted by atomic mass is 32.2. The van der Waals surface area contributed by atoms with Gasteiger partial charge in [-0.1, -0.05) is 13.3 Å². The second-order valence-electron chi connectivity index (χ2n) is 3.24. The van der Waals surface area contributed by atoms with E-state index in [0.29, 0.717) is 6.42 Å². The number of carboxylic acid groups (broad SMARTS) is 1. The van der Waals surface area contributed by atoms with Gasteiger partial charge in [-0.2, -0.15) is 31.0 Å². The standard InChI is InChI=1S/C7H13F3N2O4S/c1-2-3-5(6(13)14)12-17(15,16)11-4-7(8,9)10/h5,11-12H,2-4H2,1H3,(H,13,14). The van der Waals surface area contributed by atoms with Crippen molar-refractivity contribution in [3.05, 3.63) is 0 Å². The third-order valence-electron chi connectivity index (χ3n) is 1.64. The van der Waals surface area contributed by atoms with Gasteiger partial charge in [0, 0.05) is 0 Å². The van der Waals surface area contributed by atoms with Gasteiger partial charge in [0.2, 0.25) is 0 Å². The molecule has 3 N–H and O–H groups in total. The Bertz CT molecular complexity index is 355. The first-order valence-corrected chi connectivity index (χ1v) is 6.12. The number of halogens is 3. The van der Waals surface area contributed by atoms with Gasteiger partial charge in [0.15, 0.2) is 0 Å². The molecule has 0 spiro atoms. The molecule has 0 aliphatic heterocycles. The van der Waals surface area contributed by atoms with Crippen LogP contribution in [0.5, 0.6) is 0 Å². The summed E-state index contributed by atoms with van der Waals surface area (Å²) >= 11 is 0. The van der Waals surface area contributed by atoms with Crippen molar-refractivity contribution in [3.8, 4) is 0 Å². The molecule has 1 unspecified atom stereocenters. The number of hydrogen-bond acceptors (Lipinski definition) is 3. The Kier molecular flexibility index (Phi) is 5.85. The molecule has 17 heavy (non-hydrogen) atoms. The molecular formula is C7H13F3N2O4S.